The number of quaternary nitrogens is 1. The van der Waals surface area contributed by atoms with Gasteiger partial charge in [0.15, 0.2) is 0 Å². The van der Waals surface area contributed by atoms with Crippen molar-refractivity contribution in [2.45, 2.75) is 0 Å². The molecule has 1 atom stereocenters. The molecule has 88 valence electrons. The van der Waals surface area contributed by atoms with Crippen LogP contribution < -0.4 is 5.73 Å². The summed E-state index contributed by atoms with van der Waals surface area (Å²) in [6.45, 7) is 0. The highest BCUT2D eigenvalue weighted by atomic mass is 16.2. The first-order chi connectivity index (χ1) is 8.72. The number of hydrogen-bond acceptors (Lipinski definition) is 3. The molecule has 2 aliphatic rings. The number of hydrogen-bond donors (Lipinski definition) is 1. The molecule has 0 spiro atoms. The normalized spacial score (nSPS) is 24.4. The number of urea groups is 1. The van der Waals surface area contributed by atoms with Crippen molar-refractivity contribution in [2.75, 3.05) is 0 Å². The number of nitrogens with zero attached hydrogens (tertiary/aromatic N) is 3. The number of amides is 2. The number of carbonyl (C=O) groups excluding carboxylic acids is 1. The second kappa shape index (κ2) is 3.75. The maximum Gasteiger partial charge on any atom is 0.431 e. The van der Waals surface area contributed by atoms with Crippen molar-refractivity contribution in [3.05, 3.63) is 54.4 Å². The lowest BCUT2D eigenvalue weighted by molar-refractivity contribution is -0.635. The number of rotatable bonds is 1. The molecule has 2 aliphatic heterocycles. The van der Waals surface area contributed by atoms with E-state index < -0.39 is 6.03 Å². The molecule has 1 unspecified atom stereocenters. The number of nitrogens with two attached hydrogens (primary N) is 1. The maximum absolute atomic E-state index is 11.7. The van der Waals surface area contributed by atoms with Crippen LogP contribution in [-0.2, 0) is 0 Å². The third kappa shape index (κ3) is 1.42. The SMILES string of the molecule is NC(=O)[N+]12C=CC=NC1=NC(c1ccccc1)=C2. The van der Waals surface area contributed by atoms with Gasteiger partial charge in [0.05, 0.1) is 0 Å². The molecular weight excluding hydrogens is 228 g/mol. The molecule has 5 nitrogen and oxygen atoms in total. The smallest absolute Gasteiger partial charge is 0.318 e. The molecule has 0 saturated heterocycles. The summed E-state index contributed by atoms with van der Waals surface area (Å²) < 4.78 is -0.249. The van der Waals surface area contributed by atoms with E-state index in [2.05, 4.69) is 9.98 Å². The first-order valence-corrected chi connectivity index (χ1v) is 5.50. The highest BCUT2D eigenvalue weighted by molar-refractivity contribution is 6.00. The number of guanidine groups is 1. The fourth-order valence-electron chi connectivity index (χ4n) is 1.97. The van der Waals surface area contributed by atoms with Gasteiger partial charge in [0.1, 0.15) is 18.1 Å². The van der Waals surface area contributed by atoms with Crippen molar-refractivity contribution in [2.24, 2.45) is 15.7 Å². The highest BCUT2D eigenvalue weighted by Crippen LogP contribution is 2.30. The molecule has 5 heteroatoms. The molecule has 3 rings (SSSR count). The average molecular weight is 239 g/mol. The van der Waals surface area contributed by atoms with Crippen molar-refractivity contribution in [1.29, 1.82) is 0 Å². The van der Waals surface area contributed by atoms with Gasteiger partial charge in [-0.1, -0.05) is 30.3 Å². The number of primary amides is 1. The summed E-state index contributed by atoms with van der Waals surface area (Å²) >= 11 is 0. The first-order valence-electron chi connectivity index (χ1n) is 5.50. The molecule has 0 saturated carbocycles. The zero-order chi connectivity index (χ0) is 12.6. The molecule has 0 fully saturated rings. The molecule has 0 bridgehead atoms. The van der Waals surface area contributed by atoms with Gasteiger partial charge in [-0.15, -0.1) is 4.48 Å². The predicted octanol–water partition coefficient (Wildman–Crippen LogP) is 1.85. The van der Waals surface area contributed by atoms with Crippen LogP contribution in [-0.4, -0.2) is 22.7 Å². The number of carbonyl (C=O) groups is 1. The van der Waals surface area contributed by atoms with Gasteiger partial charge in [0, 0.05) is 17.9 Å². The topological polar surface area (TPSA) is 67.8 Å². The monoisotopic (exact) mass is 239 g/mol. The van der Waals surface area contributed by atoms with Gasteiger partial charge in [0.2, 0.25) is 0 Å². The minimum Gasteiger partial charge on any atom is -0.318 e. The molecule has 0 aliphatic carbocycles. The standard InChI is InChI=1S/C13H10N4O/c14-12(18)17-8-4-7-15-13(17)16-11(9-17)10-5-2-1-3-6-10/h1-9H,(H-,14,18)/p+1. The van der Waals surface area contributed by atoms with Gasteiger partial charge >= 0.3 is 12.0 Å². The third-order valence-corrected chi connectivity index (χ3v) is 2.91. The van der Waals surface area contributed by atoms with Crippen molar-refractivity contribution in [3.8, 4) is 0 Å². The molecule has 1 aromatic rings. The molecular formula is C13H11N4O+. The summed E-state index contributed by atoms with van der Waals surface area (Å²) in [6, 6.07) is 9.10. The lowest BCUT2D eigenvalue weighted by Crippen LogP contribution is -2.50. The van der Waals surface area contributed by atoms with E-state index in [0.717, 1.165) is 5.56 Å². The zero-order valence-electron chi connectivity index (χ0n) is 9.52. The van der Waals surface area contributed by atoms with Gasteiger partial charge in [0.25, 0.3) is 0 Å². The molecule has 0 radical (unpaired) electrons. The van der Waals surface area contributed by atoms with Crippen LogP contribution in [0.15, 0.2) is 58.8 Å². The van der Waals surface area contributed by atoms with Crippen LogP contribution in [0, 0.1) is 0 Å². The Morgan fingerprint density at radius 1 is 1.22 bits per heavy atom. The summed E-state index contributed by atoms with van der Waals surface area (Å²) in [5.74, 6) is 0.379. The Balaban J connectivity index is 2.14. The summed E-state index contributed by atoms with van der Waals surface area (Å²) in [5.41, 5.74) is 7.10. The van der Waals surface area contributed by atoms with E-state index in [-0.39, 0.29) is 4.48 Å². The zero-order valence-corrected chi connectivity index (χ0v) is 9.52. The quantitative estimate of drug-likeness (QED) is 0.746. The Labute approximate surface area is 104 Å². The molecule has 1 aromatic carbocycles. The number of fused-ring (bicyclic) bond motifs is 1. The number of aliphatic imine (C=N–C) groups is 2. The third-order valence-electron chi connectivity index (χ3n) is 2.91. The predicted molar refractivity (Wildman–Crippen MR) is 69.3 cm³/mol. The first kappa shape index (κ1) is 10.6. The largest absolute Gasteiger partial charge is 0.431 e. The van der Waals surface area contributed by atoms with Crippen LogP contribution in [0.3, 0.4) is 0 Å². The molecule has 2 N–H and O–H groups in total. The van der Waals surface area contributed by atoms with Crippen molar-refractivity contribution in [3.63, 3.8) is 0 Å². The van der Waals surface area contributed by atoms with Crippen LogP contribution >= 0.6 is 0 Å². The van der Waals surface area contributed by atoms with Crippen LogP contribution in [0.2, 0.25) is 0 Å². The lowest BCUT2D eigenvalue weighted by atomic mass is 10.2. The van der Waals surface area contributed by atoms with Crippen LogP contribution in [0.1, 0.15) is 5.56 Å². The Morgan fingerprint density at radius 3 is 2.67 bits per heavy atom. The Bertz CT molecular complexity index is 628. The van der Waals surface area contributed by atoms with E-state index in [1.807, 2.05) is 30.3 Å². The van der Waals surface area contributed by atoms with Crippen molar-refractivity contribution in [1.82, 2.24) is 0 Å². The van der Waals surface area contributed by atoms with E-state index in [1.54, 1.807) is 24.7 Å². The van der Waals surface area contributed by atoms with E-state index >= 15 is 0 Å². The van der Waals surface area contributed by atoms with Gasteiger partial charge in [-0.05, 0) is 0 Å². The Hall–Kier alpha value is -2.53. The summed E-state index contributed by atoms with van der Waals surface area (Å²) in [5, 5.41) is 0. The fourth-order valence-corrected chi connectivity index (χ4v) is 1.97. The second-order valence-electron chi connectivity index (χ2n) is 4.03. The fraction of sp³-hybridized carbons (Fsp3) is 0. The molecule has 2 amide bonds. The Kier molecular flexibility index (Phi) is 2.21. The average Bonchev–Trinajstić information content (AvgIpc) is 2.80. The Morgan fingerprint density at radius 2 is 2.00 bits per heavy atom. The van der Waals surface area contributed by atoms with Crippen LogP contribution in [0.4, 0.5) is 4.79 Å². The van der Waals surface area contributed by atoms with Gasteiger partial charge in [-0.25, -0.2) is 4.79 Å². The molecule has 18 heavy (non-hydrogen) atoms. The van der Waals surface area contributed by atoms with E-state index in [4.69, 9.17) is 5.73 Å². The van der Waals surface area contributed by atoms with Crippen molar-refractivity contribution >= 4 is 23.9 Å². The summed E-state index contributed by atoms with van der Waals surface area (Å²) in [4.78, 5) is 20.2. The maximum atomic E-state index is 11.7. The van der Waals surface area contributed by atoms with Gasteiger partial charge < -0.3 is 5.73 Å². The lowest BCUT2D eigenvalue weighted by Gasteiger charge is -2.20. The van der Waals surface area contributed by atoms with Crippen LogP contribution in [0.25, 0.3) is 5.70 Å². The van der Waals surface area contributed by atoms with E-state index in [9.17, 15) is 4.79 Å². The van der Waals surface area contributed by atoms with E-state index in [0.29, 0.717) is 11.7 Å². The van der Waals surface area contributed by atoms with E-state index in [1.165, 1.54) is 0 Å². The highest BCUT2D eigenvalue weighted by Gasteiger charge is 2.44. The number of benzene rings is 1. The van der Waals surface area contributed by atoms with Crippen molar-refractivity contribution < 1.29 is 9.28 Å². The summed E-state index contributed by atoms with van der Waals surface area (Å²) in [6.07, 6.45) is 6.67. The second-order valence-corrected chi connectivity index (χ2v) is 4.03. The molecule has 2 heterocycles. The minimum atomic E-state index is -0.521. The summed E-state index contributed by atoms with van der Waals surface area (Å²) in [7, 11) is 0. The number of allylic oxidation sites excluding steroid dienone is 1. The van der Waals surface area contributed by atoms with Gasteiger partial charge in [-0.2, -0.15) is 9.98 Å². The van der Waals surface area contributed by atoms with Crippen LogP contribution in [0.5, 0.6) is 0 Å². The molecule has 0 aromatic heterocycles. The minimum absolute atomic E-state index is 0.249. The van der Waals surface area contributed by atoms with Gasteiger partial charge in [-0.3, -0.25) is 0 Å².